The summed E-state index contributed by atoms with van der Waals surface area (Å²) in [6, 6.07) is 6.60. The number of piperidine rings is 1. The summed E-state index contributed by atoms with van der Waals surface area (Å²) < 4.78 is 13.6. The van der Waals surface area contributed by atoms with Crippen LogP contribution in [0, 0.1) is 11.2 Å². The van der Waals surface area contributed by atoms with Gasteiger partial charge in [0.15, 0.2) is 0 Å². The molecule has 0 radical (unpaired) electrons. The molecule has 1 amide bonds. The molecule has 1 fully saturated rings. The van der Waals surface area contributed by atoms with Gasteiger partial charge in [0, 0.05) is 25.7 Å². The van der Waals surface area contributed by atoms with Gasteiger partial charge in [0.2, 0.25) is 5.91 Å². The number of carbonyl (C=O) groups excluding carboxylic acids is 1. The first-order valence-electron chi connectivity index (χ1n) is 6.73. The van der Waals surface area contributed by atoms with E-state index in [0.29, 0.717) is 18.7 Å². The van der Waals surface area contributed by atoms with Crippen LogP contribution in [0.25, 0.3) is 0 Å². The molecular formula is C15H22ClFN2O. The van der Waals surface area contributed by atoms with E-state index < -0.39 is 0 Å². The van der Waals surface area contributed by atoms with Crippen molar-refractivity contribution in [2.24, 2.45) is 5.41 Å². The fourth-order valence-electron chi connectivity index (χ4n) is 2.65. The lowest BCUT2D eigenvalue weighted by molar-refractivity contribution is -0.141. The molecule has 1 aliphatic rings. The van der Waals surface area contributed by atoms with E-state index in [-0.39, 0.29) is 29.5 Å². The van der Waals surface area contributed by atoms with E-state index in [4.69, 9.17) is 0 Å². The van der Waals surface area contributed by atoms with E-state index in [9.17, 15) is 9.18 Å². The van der Waals surface area contributed by atoms with Gasteiger partial charge < -0.3 is 10.2 Å². The van der Waals surface area contributed by atoms with Crippen molar-refractivity contribution in [2.75, 3.05) is 20.1 Å². The van der Waals surface area contributed by atoms with Crippen LogP contribution in [0.4, 0.5) is 4.39 Å². The highest BCUT2D eigenvalue weighted by Gasteiger charge is 2.36. The summed E-state index contributed by atoms with van der Waals surface area (Å²) in [6.07, 6.45) is 1.90. The minimum atomic E-state index is -0.363. The normalized spacial score (nSPS) is 21.9. The highest BCUT2D eigenvalue weighted by Crippen LogP contribution is 2.28. The summed E-state index contributed by atoms with van der Waals surface area (Å²) in [5, 5.41) is 3.26. The van der Waals surface area contributed by atoms with E-state index in [2.05, 4.69) is 5.32 Å². The highest BCUT2D eigenvalue weighted by atomic mass is 35.5. The molecular weight excluding hydrogens is 279 g/mol. The molecule has 0 aromatic heterocycles. The Kier molecular flexibility index (Phi) is 5.96. The van der Waals surface area contributed by atoms with Crippen LogP contribution in [0.3, 0.4) is 0 Å². The van der Waals surface area contributed by atoms with Crippen LogP contribution in [0.5, 0.6) is 0 Å². The molecule has 112 valence electrons. The molecule has 1 aliphatic heterocycles. The predicted molar refractivity (Wildman–Crippen MR) is 80.3 cm³/mol. The predicted octanol–water partition coefficient (Wildman–Crippen LogP) is 2.60. The first-order valence-corrected chi connectivity index (χ1v) is 6.73. The van der Waals surface area contributed by atoms with E-state index in [1.807, 2.05) is 6.92 Å². The van der Waals surface area contributed by atoms with Gasteiger partial charge in [-0.3, -0.25) is 4.79 Å². The monoisotopic (exact) mass is 300 g/mol. The van der Waals surface area contributed by atoms with Crippen LogP contribution in [-0.2, 0) is 11.3 Å². The van der Waals surface area contributed by atoms with E-state index >= 15 is 0 Å². The summed E-state index contributed by atoms with van der Waals surface area (Å²) in [7, 11) is 1.74. The van der Waals surface area contributed by atoms with Crippen molar-refractivity contribution in [1.29, 1.82) is 0 Å². The van der Waals surface area contributed by atoms with E-state index in [1.165, 1.54) is 6.07 Å². The van der Waals surface area contributed by atoms with Crippen molar-refractivity contribution < 1.29 is 9.18 Å². The Labute approximate surface area is 125 Å². The van der Waals surface area contributed by atoms with Crippen LogP contribution < -0.4 is 5.32 Å². The van der Waals surface area contributed by atoms with Gasteiger partial charge in [-0.15, -0.1) is 12.4 Å². The standard InChI is InChI=1S/C15H21FN2O.ClH/c1-15(8-5-9-17-11-15)14(19)18(2)10-12-6-3-4-7-13(12)16;/h3-4,6-7,17H,5,8-11H2,1-2H3;1H. The second-order valence-corrected chi connectivity index (χ2v) is 5.59. The SMILES string of the molecule is CN(Cc1ccccc1F)C(=O)C1(C)CCCNC1.Cl. The molecule has 1 aromatic rings. The summed E-state index contributed by atoms with van der Waals surface area (Å²) in [6.45, 7) is 3.98. The van der Waals surface area contributed by atoms with Gasteiger partial charge in [-0.05, 0) is 32.4 Å². The maximum atomic E-state index is 13.6. The third kappa shape index (κ3) is 3.70. The molecule has 0 saturated carbocycles. The van der Waals surface area contributed by atoms with Gasteiger partial charge in [0.05, 0.1) is 5.41 Å². The van der Waals surface area contributed by atoms with Crippen LogP contribution >= 0.6 is 12.4 Å². The van der Waals surface area contributed by atoms with Crippen LogP contribution in [0.15, 0.2) is 24.3 Å². The van der Waals surface area contributed by atoms with Crippen molar-refractivity contribution in [3.63, 3.8) is 0 Å². The van der Waals surface area contributed by atoms with Crippen molar-refractivity contribution in [1.82, 2.24) is 10.2 Å². The highest BCUT2D eigenvalue weighted by molar-refractivity contribution is 5.85. The molecule has 0 bridgehead atoms. The Morgan fingerprint density at radius 3 is 2.75 bits per heavy atom. The maximum Gasteiger partial charge on any atom is 0.229 e. The zero-order valence-corrected chi connectivity index (χ0v) is 12.8. The second-order valence-electron chi connectivity index (χ2n) is 5.59. The van der Waals surface area contributed by atoms with E-state index in [1.54, 1.807) is 30.1 Å². The molecule has 20 heavy (non-hydrogen) atoms. The third-order valence-corrected chi connectivity index (χ3v) is 3.83. The van der Waals surface area contributed by atoms with Crippen molar-refractivity contribution in [3.8, 4) is 0 Å². The molecule has 5 heteroatoms. The summed E-state index contributed by atoms with van der Waals surface area (Å²) in [5.41, 5.74) is 0.198. The number of hydrogen-bond donors (Lipinski definition) is 1. The molecule has 0 aliphatic carbocycles. The maximum absolute atomic E-state index is 13.6. The van der Waals surface area contributed by atoms with Gasteiger partial charge in [-0.25, -0.2) is 4.39 Å². The lowest BCUT2D eigenvalue weighted by Crippen LogP contribution is -2.49. The Hall–Kier alpha value is -1.13. The number of carbonyl (C=O) groups is 1. The molecule has 1 unspecified atom stereocenters. The average molecular weight is 301 g/mol. The van der Waals surface area contributed by atoms with Gasteiger partial charge in [0.1, 0.15) is 5.82 Å². The Morgan fingerprint density at radius 1 is 1.45 bits per heavy atom. The molecule has 1 aromatic carbocycles. The van der Waals surface area contributed by atoms with Gasteiger partial charge in [-0.2, -0.15) is 0 Å². The lowest BCUT2D eigenvalue weighted by atomic mass is 9.81. The van der Waals surface area contributed by atoms with Crippen LogP contribution in [0.1, 0.15) is 25.3 Å². The lowest BCUT2D eigenvalue weighted by Gasteiger charge is -2.36. The smallest absolute Gasteiger partial charge is 0.229 e. The number of amides is 1. The first-order chi connectivity index (χ1) is 9.03. The molecule has 2 rings (SSSR count). The van der Waals surface area contributed by atoms with Gasteiger partial charge in [-0.1, -0.05) is 18.2 Å². The largest absolute Gasteiger partial charge is 0.341 e. The molecule has 1 N–H and O–H groups in total. The number of nitrogens with one attached hydrogen (secondary N) is 1. The van der Waals surface area contributed by atoms with Crippen molar-refractivity contribution in [2.45, 2.75) is 26.3 Å². The van der Waals surface area contributed by atoms with Crippen molar-refractivity contribution in [3.05, 3.63) is 35.6 Å². The summed E-state index contributed by atoms with van der Waals surface area (Å²) >= 11 is 0. The second kappa shape index (κ2) is 7.04. The minimum absolute atomic E-state index is 0. The molecule has 1 heterocycles. The molecule has 1 saturated heterocycles. The third-order valence-electron chi connectivity index (χ3n) is 3.83. The zero-order valence-electron chi connectivity index (χ0n) is 12.0. The number of benzene rings is 1. The van der Waals surface area contributed by atoms with Gasteiger partial charge >= 0.3 is 0 Å². The average Bonchev–Trinajstić information content (AvgIpc) is 2.41. The zero-order chi connectivity index (χ0) is 13.9. The summed E-state index contributed by atoms with van der Waals surface area (Å²) in [4.78, 5) is 14.1. The van der Waals surface area contributed by atoms with Crippen LogP contribution in [-0.4, -0.2) is 30.9 Å². The number of nitrogens with zero attached hydrogens (tertiary/aromatic N) is 1. The summed E-state index contributed by atoms with van der Waals surface area (Å²) in [5.74, 6) is -0.169. The fourth-order valence-corrected chi connectivity index (χ4v) is 2.65. The topological polar surface area (TPSA) is 32.3 Å². The Balaban J connectivity index is 0.00000200. The minimum Gasteiger partial charge on any atom is -0.341 e. The van der Waals surface area contributed by atoms with Crippen LogP contribution in [0.2, 0.25) is 0 Å². The molecule has 0 spiro atoms. The van der Waals surface area contributed by atoms with Gasteiger partial charge in [0.25, 0.3) is 0 Å². The molecule has 3 nitrogen and oxygen atoms in total. The van der Waals surface area contributed by atoms with E-state index in [0.717, 1.165) is 19.4 Å². The quantitative estimate of drug-likeness (QED) is 0.930. The number of rotatable bonds is 3. The Bertz CT molecular complexity index is 461. The van der Waals surface area contributed by atoms with Crippen molar-refractivity contribution >= 4 is 18.3 Å². The number of halogens is 2. The molecule has 1 atom stereocenters. The fraction of sp³-hybridized carbons (Fsp3) is 0.533. The number of hydrogen-bond acceptors (Lipinski definition) is 2. The first kappa shape index (κ1) is 16.9. The Morgan fingerprint density at radius 2 is 2.15 bits per heavy atom.